The van der Waals surface area contributed by atoms with Crippen LogP contribution in [-0.4, -0.2) is 45.3 Å². The van der Waals surface area contributed by atoms with Gasteiger partial charge in [0.2, 0.25) is 0 Å². The van der Waals surface area contributed by atoms with E-state index in [4.69, 9.17) is 5.11 Å². The minimum Gasteiger partial charge on any atom is -0.504 e. The first kappa shape index (κ1) is 11.7. The van der Waals surface area contributed by atoms with E-state index in [1.807, 2.05) is 0 Å². The number of carbonyl (C=O) groups is 1. The molecular formula is C12H15NO4. The molecule has 0 radical (unpaired) electrons. The quantitative estimate of drug-likeness (QED) is 0.628. The number of hydrogen-bond acceptors (Lipinski definition) is 4. The Morgan fingerprint density at radius 2 is 2.06 bits per heavy atom. The molecule has 5 nitrogen and oxygen atoms in total. The summed E-state index contributed by atoms with van der Waals surface area (Å²) >= 11 is 0. The summed E-state index contributed by atoms with van der Waals surface area (Å²) in [6.45, 7) is 0.929. The van der Waals surface area contributed by atoms with Crippen molar-refractivity contribution in [3.05, 3.63) is 23.8 Å². The topological polar surface area (TPSA) is 81.0 Å². The van der Waals surface area contributed by atoms with Crippen LogP contribution in [0.1, 0.15) is 23.2 Å². The zero-order valence-electron chi connectivity index (χ0n) is 9.33. The smallest absolute Gasteiger partial charge is 0.254 e. The molecular weight excluding hydrogens is 222 g/mol. The van der Waals surface area contributed by atoms with Crippen molar-refractivity contribution >= 4 is 5.91 Å². The van der Waals surface area contributed by atoms with Crippen LogP contribution < -0.4 is 0 Å². The predicted octanol–water partition coefficient (Wildman–Crippen LogP) is 0.695. The molecule has 1 amide bonds. The third-order valence-electron chi connectivity index (χ3n) is 2.91. The Balaban J connectivity index is 2.15. The third-order valence-corrected chi connectivity index (χ3v) is 2.91. The maximum atomic E-state index is 12.0. The molecule has 0 aromatic heterocycles. The number of piperidine rings is 1. The Kier molecular flexibility index (Phi) is 3.19. The van der Waals surface area contributed by atoms with Crippen LogP contribution in [0, 0.1) is 0 Å². The molecule has 3 N–H and O–H groups in total. The minimum absolute atomic E-state index is 0.237. The zero-order valence-corrected chi connectivity index (χ0v) is 9.33. The molecule has 0 bridgehead atoms. The van der Waals surface area contributed by atoms with Gasteiger partial charge in [0, 0.05) is 18.7 Å². The van der Waals surface area contributed by atoms with Gasteiger partial charge in [-0.05, 0) is 31.0 Å². The summed E-state index contributed by atoms with van der Waals surface area (Å²) in [5, 5.41) is 28.0. The number of aliphatic hydroxyl groups excluding tert-OH is 1. The molecule has 1 saturated heterocycles. The number of hydrogen-bond donors (Lipinski definition) is 3. The summed E-state index contributed by atoms with van der Waals surface area (Å²) in [5.41, 5.74) is 0.314. The second kappa shape index (κ2) is 4.63. The normalized spacial score (nSPS) is 20.3. The second-order valence-electron chi connectivity index (χ2n) is 4.25. The van der Waals surface area contributed by atoms with Crippen molar-refractivity contribution in [1.82, 2.24) is 4.90 Å². The van der Waals surface area contributed by atoms with E-state index in [0.29, 0.717) is 25.1 Å². The van der Waals surface area contributed by atoms with E-state index in [0.717, 1.165) is 6.42 Å². The molecule has 0 spiro atoms. The van der Waals surface area contributed by atoms with Crippen LogP contribution in [0.2, 0.25) is 0 Å². The Labute approximate surface area is 98.9 Å². The molecule has 1 aliphatic rings. The monoisotopic (exact) mass is 237 g/mol. The lowest BCUT2D eigenvalue weighted by Crippen LogP contribution is -2.42. The summed E-state index contributed by atoms with van der Waals surface area (Å²) in [6, 6.07) is 3.97. The van der Waals surface area contributed by atoms with Crippen molar-refractivity contribution < 1.29 is 20.1 Å². The first-order chi connectivity index (χ1) is 8.08. The minimum atomic E-state index is -0.474. The molecule has 5 heteroatoms. The standard InChI is InChI=1S/C12H15NO4/c14-9-2-1-5-13(7-9)12(17)8-3-4-10(15)11(16)6-8/h3-4,6,9,14-16H,1-2,5,7H2. The molecule has 92 valence electrons. The number of carbonyl (C=O) groups excluding carboxylic acids is 1. The van der Waals surface area contributed by atoms with Crippen LogP contribution in [0.25, 0.3) is 0 Å². The average Bonchev–Trinajstić information content (AvgIpc) is 2.32. The predicted molar refractivity (Wildman–Crippen MR) is 60.9 cm³/mol. The fraction of sp³-hybridized carbons (Fsp3) is 0.417. The highest BCUT2D eigenvalue weighted by molar-refractivity contribution is 5.95. The molecule has 0 aliphatic carbocycles. The van der Waals surface area contributed by atoms with Gasteiger partial charge in [-0.2, -0.15) is 0 Å². The highest BCUT2D eigenvalue weighted by Gasteiger charge is 2.23. The van der Waals surface area contributed by atoms with Gasteiger partial charge in [0.15, 0.2) is 11.5 Å². The first-order valence-electron chi connectivity index (χ1n) is 5.57. The van der Waals surface area contributed by atoms with Gasteiger partial charge in [-0.25, -0.2) is 0 Å². The van der Waals surface area contributed by atoms with Crippen molar-refractivity contribution in [3.63, 3.8) is 0 Å². The molecule has 17 heavy (non-hydrogen) atoms. The number of benzene rings is 1. The third kappa shape index (κ3) is 2.50. The number of rotatable bonds is 1. The SMILES string of the molecule is O=C(c1ccc(O)c(O)c1)N1CCCC(O)C1. The van der Waals surface area contributed by atoms with Gasteiger partial charge in [0.1, 0.15) is 0 Å². The highest BCUT2D eigenvalue weighted by atomic mass is 16.3. The van der Waals surface area contributed by atoms with Crippen molar-refractivity contribution in [1.29, 1.82) is 0 Å². The van der Waals surface area contributed by atoms with Crippen molar-refractivity contribution in [2.24, 2.45) is 0 Å². The van der Waals surface area contributed by atoms with Gasteiger partial charge in [0.25, 0.3) is 5.91 Å². The van der Waals surface area contributed by atoms with E-state index in [9.17, 15) is 15.0 Å². The zero-order chi connectivity index (χ0) is 12.4. The number of phenolic OH excluding ortho intramolecular Hbond substituents is 2. The highest BCUT2D eigenvalue weighted by Crippen LogP contribution is 2.26. The molecule has 2 rings (SSSR count). The molecule has 1 heterocycles. The molecule has 1 atom stereocenters. The van der Waals surface area contributed by atoms with Crippen LogP contribution in [0.3, 0.4) is 0 Å². The van der Waals surface area contributed by atoms with Crippen LogP contribution in [-0.2, 0) is 0 Å². The van der Waals surface area contributed by atoms with Crippen LogP contribution >= 0.6 is 0 Å². The summed E-state index contributed by atoms with van der Waals surface area (Å²) < 4.78 is 0. The van der Waals surface area contributed by atoms with Crippen molar-refractivity contribution in [2.45, 2.75) is 18.9 Å². The van der Waals surface area contributed by atoms with Gasteiger partial charge < -0.3 is 20.2 Å². The lowest BCUT2D eigenvalue weighted by molar-refractivity contribution is 0.0473. The van der Waals surface area contributed by atoms with E-state index in [2.05, 4.69) is 0 Å². The fourth-order valence-electron chi connectivity index (χ4n) is 1.98. The number of phenols is 2. The summed E-state index contributed by atoms with van der Waals surface area (Å²) in [7, 11) is 0. The fourth-order valence-corrected chi connectivity index (χ4v) is 1.98. The van der Waals surface area contributed by atoms with E-state index >= 15 is 0 Å². The maximum Gasteiger partial charge on any atom is 0.254 e. The summed E-state index contributed by atoms with van der Waals surface area (Å²) in [5.74, 6) is -0.798. The molecule has 1 unspecified atom stereocenters. The molecule has 1 fully saturated rings. The van der Waals surface area contributed by atoms with Gasteiger partial charge >= 0.3 is 0 Å². The number of amides is 1. The number of likely N-dealkylation sites (tertiary alicyclic amines) is 1. The Morgan fingerprint density at radius 3 is 2.71 bits per heavy atom. The van der Waals surface area contributed by atoms with Crippen LogP contribution in [0.5, 0.6) is 11.5 Å². The van der Waals surface area contributed by atoms with E-state index in [1.54, 1.807) is 4.90 Å². The Hall–Kier alpha value is -1.75. The van der Waals surface area contributed by atoms with E-state index in [-0.39, 0.29) is 17.4 Å². The first-order valence-corrected chi connectivity index (χ1v) is 5.57. The van der Waals surface area contributed by atoms with Gasteiger partial charge in [-0.15, -0.1) is 0 Å². The average molecular weight is 237 g/mol. The Bertz CT molecular complexity index is 433. The molecule has 1 aromatic rings. The number of aliphatic hydroxyl groups is 1. The van der Waals surface area contributed by atoms with Crippen molar-refractivity contribution in [2.75, 3.05) is 13.1 Å². The van der Waals surface area contributed by atoms with Crippen LogP contribution in [0.15, 0.2) is 18.2 Å². The summed E-state index contributed by atoms with van der Waals surface area (Å²) in [4.78, 5) is 13.6. The molecule has 1 aromatic carbocycles. The number of β-amino-alcohol motifs (C(OH)–C–C–N with tert-alkyl or cyclic N) is 1. The summed E-state index contributed by atoms with van der Waals surface area (Å²) in [6.07, 6.45) is 1.01. The molecule has 1 aliphatic heterocycles. The second-order valence-corrected chi connectivity index (χ2v) is 4.25. The lowest BCUT2D eigenvalue weighted by atomic mass is 10.1. The van der Waals surface area contributed by atoms with Gasteiger partial charge in [0.05, 0.1) is 6.10 Å². The van der Waals surface area contributed by atoms with Gasteiger partial charge in [-0.1, -0.05) is 0 Å². The maximum absolute atomic E-state index is 12.0. The van der Waals surface area contributed by atoms with E-state index < -0.39 is 6.10 Å². The van der Waals surface area contributed by atoms with E-state index in [1.165, 1.54) is 18.2 Å². The van der Waals surface area contributed by atoms with Gasteiger partial charge in [-0.3, -0.25) is 4.79 Å². The molecule has 0 saturated carbocycles. The van der Waals surface area contributed by atoms with Crippen molar-refractivity contribution in [3.8, 4) is 11.5 Å². The number of nitrogens with zero attached hydrogens (tertiary/aromatic N) is 1. The Morgan fingerprint density at radius 1 is 1.29 bits per heavy atom. The lowest BCUT2D eigenvalue weighted by Gasteiger charge is -2.30. The number of aromatic hydroxyl groups is 2. The van der Waals surface area contributed by atoms with Crippen LogP contribution in [0.4, 0.5) is 0 Å². The largest absolute Gasteiger partial charge is 0.504 e.